The van der Waals surface area contributed by atoms with Crippen LogP contribution in [0.1, 0.15) is 21.5 Å². The third kappa shape index (κ3) is 2.73. The van der Waals surface area contributed by atoms with E-state index < -0.39 is 0 Å². The van der Waals surface area contributed by atoms with Gasteiger partial charge in [-0.25, -0.2) is 0 Å². The second kappa shape index (κ2) is 6.48. The van der Waals surface area contributed by atoms with Gasteiger partial charge in [0.15, 0.2) is 0 Å². The summed E-state index contributed by atoms with van der Waals surface area (Å²) in [4.78, 5) is 15.0. The number of hydrogen-bond donors (Lipinski definition) is 2. The molecule has 0 saturated heterocycles. The van der Waals surface area contributed by atoms with Crippen molar-refractivity contribution in [3.8, 4) is 0 Å². The monoisotopic (exact) mass is 367 g/mol. The quantitative estimate of drug-likeness (QED) is 0.727. The van der Waals surface area contributed by atoms with Gasteiger partial charge >= 0.3 is 0 Å². The third-order valence-electron chi connectivity index (χ3n) is 4.54. The van der Waals surface area contributed by atoms with Crippen LogP contribution in [-0.2, 0) is 20.1 Å². The third-order valence-corrected chi connectivity index (χ3v) is 4.85. The number of nitrogens with one attached hydrogen (secondary N) is 1. The van der Waals surface area contributed by atoms with Crippen molar-refractivity contribution in [2.24, 2.45) is 12.8 Å². The van der Waals surface area contributed by atoms with Crippen LogP contribution >= 0.6 is 11.6 Å². The zero-order valence-electron chi connectivity index (χ0n) is 14.2. The van der Waals surface area contributed by atoms with E-state index in [-0.39, 0.29) is 5.91 Å². The number of rotatable bonds is 2. The summed E-state index contributed by atoms with van der Waals surface area (Å²) in [6.07, 6.45) is 1.77. The van der Waals surface area contributed by atoms with Crippen molar-refractivity contribution in [2.75, 3.05) is 10.2 Å². The van der Waals surface area contributed by atoms with Gasteiger partial charge in [0, 0.05) is 19.2 Å². The van der Waals surface area contributed by atoms with Crippen LogP contribution in [-0.4, -0.2) is 15.7 Å². The van der Waals surface area contributed by atoms with Crippen LogP contribution < -0.4 is 16.0 Å². The normalized spacial score (nSPS) is 12.8. The second-order valence-electron chi connectivity index (χ2n) is 6.19. The smallest absolute Gasteiger partial charge is 0.260 e. The summed E-state index contributed by atoms with van der Waals surface area (Å²) in [5, 5.41) is 8.08. The lowest BCUT2D eigenvalue weighted by Crippen LogP contribution is -2.30. The number of aryl methyl sites for hydroxylation is 1. The summed E-state index contributed by atoms with van der Waals surface area (Å²) in [5.41, 5.74) is 9.57. The Hall–Kier alpha value is -2.83. The first-order valence-electron chi connectivity index (χ1n) is 8.25. The standard InChI is InChI=1S/C19H18ClN5O/c1-24-18-13(10-22-24)11-25(17-5-3-2-4-16(17)23-18)19(26)14-7-6-12(9-21)8-15(14)20/h2-8,10,23H,9,11,21H2,1H3. The number of nitrogens with two attached hydrogens (primary N) is 1. The van der Waals surface area contributed by atoms with Gasteiger partial charge in [-0.1, -0.05) is 29.8 Å². The van der Waals surface area contributed by atoms with Gasteiger partial charge in [-0.3, -0.25) is 9.48 Å². The molecule has 0 radical (unpaired) electrons. The van der Waals surface area contributed by atoms with Gasteiger partial charge in [0.05, 0.1) is 34.7 Å². The number of carbonyl (C=O) groups excluding carboxylic acids is 1. The lowest BCUT2D eigenvalue weighted by molar-refractivity contribution is 0.0985. The highest BCUT2D eigenvalue weighted by Gasteiger charge is 2.27. The van der Waals surface area contributed by atoms with E-state index in [1.54, 1.807) is 27.9 Å². The molecular formula is C19H18ClN5O. The van der Waals surface area contributed by atoms with Gasteiger partial charge in [0.25, 0.3) is 5.91 Å². The molecule has 132 valence electrons. The molecule has 1 amide bonds. The SMILES string of the molecule is Cn1ncc2c1Nc1ccccc1N(C(=O)c1ccc(CN)cc1Cl)C2. The Morgan fingerprint density at radius 3 is 2.88 bits per heavy atom. The van der Waals surface area contributed by atoms with Crippen LogP contribution in [0.25, 0.3) is 0 Å². The molecule has 3 aromatic rings. The van der Waals surface area contributed by atoms with Gasteiger partial charge in [0.2, 0.25) is 0 Å². The molecule has 0 saturated carbocycles. The Labute approximate surface area is 156 Å². The second-order valence-corrected chi connectivity index (χ2v) is 6.60. The van der Waals surface area contributed by atoms with Crippen molar-refractivity contribution in [2.45, 2.75) is 13.1 Å². The largest absolute Gasteiger partial charge is 0.338 e. The number of fused-ring (bicyclic) bond motifs is 2. The van der Waals surface area contributed by atoms with Crippen LogP contribution in [0.4, 0.5) is 17.2 Å². The summed E-state index contributed by atoms with van der Waals surface area (Å²) in [6.45, 7) is 0.782. The van der Waals surface area contributed by atoms with Crippen LogP contribution in [0, 0.1) is 0 Å². The Kier molecular flexibility index (Phi) is 4.14. The molecule has 2 aromatic carbocycles. The summed E-state index contributed by atoms with van der Waals surface area (Å²) in [7, 11) is 1.87. The molecule has 0 bridgehead atoms. The number of amides is 1. The maximum Gasteiger partial charge on any atom is 0.260 e. The molecule has 6 nitrogen and oxygen atoms in total. The Balaban J connectivity index is 1.81. The van der Waals surface area contributed by atoms with Gasteiger partial charge < -0.3 is 16.0 Å². The summed E-state index contributed by atoms with van der Waals surface area (Å²) >= 11 is 6.36. The topological polar surface area (TPSA) is 76.2 Å². The summed E-state index contributed by atoms with van der Waals surface area (Å²) in [6, 6.07) is 13.0. The average Bonchev–Trinajstić information content (AvgIpc) is 2.90. The highest BCUT2D eigenvalue weighted by Crippen LogP contribution is 2.36. The molecule has 1 aliphatic rings. The van der Waals surface area contributed by atoms with Gasteiger partial charge in [-0.15, -0.1) is 0 Å². The maximum atomic E-state index is 13.3. The van der Waals surface area contributed by atoms with Crippen molar-refractivity contribution in [1.82, 2.24) is 9.78 Å². The zero-order chi connectivity index (χ0) is 18.3. The van der Waals surface area contributed by atoms with E-state index in [1.165, 1.54) is 0 Å². The van der Waals surface area contributed by atoms with Crippen molar-refractivity contribution in [3.05, 3.63) is 70.4 Å². The first-order chi connectivity index (χ1) is 12.6. The van der Waals surface area contributed by atoms with Crippen LogP contribution in [0.5, 0.6) is 0 Å². The Morgan fingerprint density at radius 2 is 2.12 bits per heavy atom. The number of halogens is 1. The molecule has 0 unspecified atom stereocenters. The van der Waals surface area contributed by atoms with E-state index in [0.29, 0.717) is 23.7 Å². The number of carbonyl (C=O) groups is 1. The number of nitrogens with zero attached hydrogens (tertiary/aromatic N) is 3. The average molecular weight is 368 g/mol. The minimum atomic E-state index is -0.162. The molecule has 0 spiro atoms. The van der Waals surface area contributed by atoms with E-state index in [4.69, 9.17) is 17.3 Å². The van der Waals surface area contributed by atoms with E-state index in [9.17, 15) is 4.79 Å². The van der Waals surface area contributed by atoms with E-state index in [1.807, 2.05) is 37.4 Å². The number of hydrogen-bond acceptors (Lipinski definition) is 4. The molecule has 1 aromatic heterocycles. The maximum absolute atomic E-state index is 13.3. The van der Waals surface area contributed by atoms with Gasteiger partial charge in [-0.05, 0) is 29.8 Å². The van der Waals surface area contributed by atoms with E-state index in [2.05, 4.69) is 10.4 Å². The Morgan fingerprint density at radius 1 is 1.31 bits per heavy atom. The predicted molar refractivity (Wildman–Crippen MR) is 103 cm³/mol. The summed E-state index contributed by atoms with van der Waals surface area (Å²) in [5.74, 6) is 0.710. The zero-order valence-corrected chi connectivity index (χ0v) is 15.0. The molecule has 0 aliphatic carbocycles. The first-order valence-corrected chi connectivity index (χ1v) is 8.63. The Bertz CT molecular complexity index is 997. The van der Waals surface area contributed by atoms with Crippen LogP contribution in [0.15, 0.2) is 48.7 Å². The number of benzene rings is 2. The van der Waals surface area contributed by atoms with Crippen molar-refractivity contribution in [3.63, 3.8) is 0 Å². The van der Waals surface area contributed by atoms with Crippen molar-refractivity contribution >= 4 is 34.7 Å². The van der Waals surface area contributed by atoms with Gasteiger partial charge in [0.1, 0.15) is 5.82 Å². The minimum Gasteiger partial charge on any atom is -0.338 e. The molecule has 0 fully saturated rings. The van der Waals surface area contributed by atoms with Crippen LogP contribution in [0.2, 0.25) is 5.02 Å². The van der Waals surface area contributed by atoms with E-state index >= 15 is 0 Å². The fourth-order valence-electron chi connectivity index (χ4n) is 3.14. The lowest BCUT2D eigenvalue weighted by Gasteiger charge is -2.23. The number of anilines is 3. The highest BCUT2D eigenvalue weighted by atomic mass is 35.5. The molecule has 3 N–H and O–H groups in total. The minimum absolute atomic E-state index is 0.162. The molecule has 7 heteroatoms. The van der Waals surface area contributed by atoms with E-state index in [0.717, 1.165) is 28.3 Å². The highest BCUT2D eigenvalue weighted by molar-refractivity contribution is 6.34. The number of para-hydroxylation sites is 2. The predicted octanol–water partition coefficient (Wildman–Crippen LogP) is 3.44. The fourth-order valence-corrected chi connectivity index (χ4v) is 3.43. The molecule has 0 atom stereocenters. The number of aromatic nitrogens is 2. The molecular weight excluding hydrogens is 350 g/mol. The molecule has 2 heterocycles. The van der Waals surface area contributed by atoms with Crippen molar-refractivity contribution in [1.29, 1.82) is 0 Å². The summed E-state index contributed by atoms with van der Waals surface area (Å²) < 4.78 is 1.77. The lowest BCUT2D eigenvalue weighted by atomic mass is 10.1. The fraction of sp³-hybridized carbons (Fsp3) is 0.158. The van der Waals surface area contributed by atoms with Crippen molar-refractivity contribution < 1.29 is 4.79 Å². The molecule has 4 rings (SSSR count). The van der Waals surface area contributed by atoms with Gasteiger partial charge in [-0.2, -0.15) is 5.10 Å². The molecule has 26 heavy (non-hydrogen) atoms. The first kappa shape index (κ1) is 16.6. The van der Waals surface area contributed by atoms with Crippen LogP contribution in [0.3, 0.4) is 0 Å². The molecule has 1 aliphatic heterocycles.